The fourth-order valence-electron chi connectivity index (χ4n) is 3.12. The van der Waals surface area contributed by atoms with Crippen LogP contribution in [0, 0.1) is 0 Å². The second-order valence-corrected chi connectivity index (χ2v) is 7.11. The van der Waals surface area contributed by atoms with E-state index < -0.39 is 0 Å². The topological polar surface area (TPSA) is 58.1 Å². The number of carbonyl (C=O) groups excluding carboxylic acids is 1. The average molecular weight is 352 g/mol. The molecular formula is C19H20N4OS. The van der Waals surface area contributed by atoms with Crippen LogP contribution >= 0.6 is 11.3 Å². The molecule has 5 nitrogen and oxygen atoms in total. The third-order valence-electron chi connectivity index (χ3n) is 4.44. The average Bonchev–Trinajstić information content (AvgIpc) is 3.33. The molecule has 3 heterocycles. The molecule has 1 N–H and O–H groups in total. The molecule has 0 atom stereocenters. The second-order valence-electron chi connectivity index (χ2n) is 6.19. The van der Waals surface area contributed by atoms with Crippen molar-refractivity contribution in [3.05, 3.63) is 53.0 Å². The molecule has 0 unspecified atom stereocenters. The number of rotatable bonds is 5. The Hall–Kier alpha value is -2.47. The van der Waals surface area contributed by atoms with Gasteiger partial charge in [0.05, 0.1) is 10.2 Å². The molecule has 1 saturated heterocycles. The summed E-state index contributed by atoms with van der Waals surface area (Å²) in [5.74, 6) is 0.558. The second kappa shape index (κ2) is 7.19. The maximum Gasteiger partial charge on any atom is 0.274 e. The summed E-state index contributed by atoms with van der Waals surface area (Å²) >= 11 is 1.53. The first-order valence-corrected chi connectivity index (χ1v) is 9.51. The van der Waals surface area contributed by atoms with Crippen molar-refractivity contribution in [1.82, 2.24) is 14.9 Å². The van der Waals surface area contributed by atoms with Gasteiger partial charge in [-0.2, -0.15) is 0 Å². The molecule has 1 aliphatic rings. The predicted octanol–water partition coefficient (Wildman–Crippen LogP) is 3.58. The Bertz CT molecular complexity index is 872. The highest BCUT2D eigenvalue weighted by atomic mass is 32.1. The number of hydrogen-bond donors (Lipinski definition) is 1. The zero-order chi connectivity index (χ0) is 17.1. The van der Waals surface area contributed by atoms with E-state index >= 15 is 0 Å². The van der Waals surface area contributed by atoms with Crippen LogP contribution in [0.1, 0.15) is 28.9 Å². The summed E-state index contributed by atoms with van der Waals surface area (Å²) in [6.45, 7) is 2.38. The normalized spacial score (nSPS) is 14.2. The minimum Gasteiger partial charge on any atom is -0.354 e. The Labute approximate surface area is 150 Å². The van der Waals surface area contributed by atoms with Crippen molar-refractivity contribution in [2.75, 3.05) is 25.0 Å². The zero-order valence-electron chi connectivity index (χ0n) is 13.9. The van der Waals surface area contributed by atoms with E-state index in [4.69, 9.17) is 0 Å². The molecule has 1 amide bonds. The van der Waals surface area contributed by atoms with Gasteiger partial charge in [-0.15, -0.1) is 11.3 Å². The van der Waals surface area contributed by atoms with Gasteiger partial charge in [0.25, 0.3) is 5.91 Å². The van der Waals surface area contributed by atoms with Crippen LogP contribution in [0.3, 0.4) is 0 Å². The number of carbonyl (C=O) groups is 1. The van der Waals surface area contributed by atoms with Gasteiger partial charge in [-0.1, -0.05) is 30.3 Å². The Morgan fingerprint density at radius 3 is 2.72 bits per heavy atom. The molecule has 4 rings (SSSR count). The molecule has 0 bridgehead atoms. The number of anilines is 1. The molecule has 0 radical (unpaired) electrons. The van der Waals surface area contributed by atoms with E-state index in [0.717, 1.165) is 49.1 Å². The number of fused-ring (bicyclic) bond motifs is 1. The first-order chi connectivity index (χ1) is 12.3. The van der Waals surface area contributed by atoms with Crippen molar-refractivity contribution in [3.8, 4) is 0 Å². The van der Waals surface area contributed by atoms with Crippen LogP contribution in [0.5, 0.6) is 0 Å². The molecular weight excluding hydrogens is 332 g/mol. The molecule has 25 heavy (non-hydrogen) atoms. The summed E-state index contributed by atoms with van der Waals surface area (Å²) in [5.41, 5.74) is 2.63. The van der Waals surface area contributed by atoms with Crippen LogP contribution in [-0.4, -0.2) is 40.4 Å². The van der Waals surface area contributed by atoms with Crippen LogP contribution in [0.25, 0.3) is 10.2 Å². The predicted molar refractivity (Wildman–Crippen MR) is 101 cm³/mol. The van der Waals surface area contributed by atoms with Gasteiger partial charge in [0.2, 0.25) is 5.95 Å². The number of amides is 1. The first-order valence-electron chi connectivity index (χ1n) is 8.63. The van der Waals surface area contributed by atoms with Gasteiger partial charge >= 0.3 is 0 Å². The monoisotopic (exact) mass is 352 g/mol. The van der Waals surface area contributed by atoms with Gasteiger partial charge in [0, 0.05) is 19.6 Å². The van der Waals surface area contributed by atoms with Gasteiger partial charge < -0.3 is 10.2 Å². The van der Waals surface area contributed by atoms with Crippen molar-refractivity contribution in [2.24, 2.45) is 0 Å². The molecule has 3 aromatic rings. The lowest BCUT2D eigenvalue weighted by atomic mass is 10.1. The summed E-state index contributed by atoms with van der Waals surface area (Å²) in [5, 5.41) is 5.24. The quantitative estimate of drug-likeness (QED) is 0.762. The number of likely N-dealkylation sites (tertiary alicyclic amines) is 1. The number of aromatic nitrogens is 2. The highest BCUT2D eigenvalue weighted by Crippen LogP contribution is 2.25. The number of hydrogen-bond acceptors (Lipinski definition) is 5. The highest BCUT2D eigenvalue weighted by molar-refractivity contribution is 7.17. The fraction of sp³-hybridized carbons (Fsp3) is 0.316. The van der Waals surface area contributed by atoms with Crippen molar-refractivity contribution >= 4 is 33.4 Å². The molecule has 0 saturated carbocycles. The lowest BCUT2D eigenvalue weighted by Gasteiger charge is -2.15. The summed E-state index contributed by atoms with van der Waals surface area (Å²) in [6, 6.07) is 12.2. The summed E-state index contributed by atoms with van der Waals surface area (Å²) in [6.07, 6.45) is 3.04. The van der Waals surface area contributed by atoms with Gasteiger partial charge in [0.15, 0.2) is 5.69 Å². The molecule has 1 aromatic carbocycles. The largest absolute Gasteiger partial charge is 0.354 e. The Balaban J connectivity index is 1.54. The summed E-state index contributed by atoms with van der Waals surface area (Å²) < 4.78 is 0.880. The van der Waals surface area contributed by atoms with Crippen LogP contribution < -0.4 is 5.32 Å². The molecule has 6 heteroatoms. The van der Waals surface area contributed by atoms with Gasteiger partial charge in [-0.3, -0.25) is 4.79 Å². The van der Waals surface area contributed by atoms with Crippen LogP contribution in [0.2, 0.25) is 0 Å². The third kappa shape index (κ3) is 3.49. The molecule has 1 fully saturated rings. The van der Waals surface area contributed by atoms with Crippen LogP contribution in [0.4, 0.5) is 5.95 Å². The van der Waals surface area contributed by atoms with Crippen molar-refractivity contribution in [1.29, 1.82) is 0 Å². The minimum atomic E-state index is 0.0264. The molecule has 128 valence electrons. The third-order valence-corrected chi connectivity index (χ3v) is 5.35. The summed E-state index contributed by atoms with van der Waals surface area (Å²) in [7, 11) is 0. The van der Waals surface area contributed by atoms with Gasteiger partial charge in [0.1, 0.15) is 0 Å². The van der Waals surface area contributed by atoms with Crippen molar-refractivity contribution in [2.45, 2.75) is 19.3 Å². The fourth-order valence-corrected chi connectivity index (χ4v) is 3.93. The van der Waals surface area contributed by atoms with E-state index in [-0.39, 0.29) is 5.91 Å². The Morgan fingerprint density at radius 2 is 1.92 bits per heavy atom. The van der Waals surface area contributed by atoms with Gasteiger partial charge in [-0.05, 0) is 36.3 Å². The zero-order valence-corrected chi connectivity index (χ0v) is 14.8. The van der Waals surface area contributed by atoms with Crippen molar-refractivity contribution in [3.63, 3.8) is 0 Å². The van der Waals surface area contributed by atoms with E-state index in [1.54, 1.807) is 0 Å². The number of nitrogens with zero attached hydrogens (tertiary/aromatic N) is 3. The number of nitrogens with one attached hydrogen (secondary N) is 1. The van der Waals surface area contributed by atoms with Gasteiger partial charge in [-0.25, -0.2) is 9.97 Å². The number of thiophene rings is 1. The molecule has 2 aromatic heterocycles. The minimum absolute atomic E-state index is 0.0264. The molecule has 0 spiro atoms. The number of benzene rings is 1. The molecule has 0 aliphatic carbocycles. The Morgan fingerprint density at radius 1 is 1.12 bits per heavy atom. The van der Waals surface area contributed by atoms with Crippen LogP contribution in [0.15, 0.2) is 41.8 Å². The van der Waals surface area contributed by atoms with E-state index in [1.807, 2.05) is 34.5 Å². The maximum absolute atomic E-state index is 12.8. The summed E-state index contributed by atoms with van der Waals surface area (Å²) in [4.78, 5) is 23.8. The first kappa shape index (κ1) is 16.0. The molecule has 1 aliphatic heterocycles. The standard InChI is InChI=1S/C19H20N4OS/c24-18(23-11-4-5-12-23)16-17-15(9-13-25-17)21-19(22-16)20-10-8-14-6-2-1-3-7-14/h1-3,6-7,9,13H,4-5,8,10-12H2,(H,20,21,22). The lowest BCUT2D eigenvalue weighted by molar-refractivity contribution is 0.0789. The Kier molecular flexibility index (Phi) is 4.61. The van der Waals surface area contributed by atoms with Crippen molar-refractivity contribution < 1.29 is 4.79 Å². The van der Waals surface area contributed by atoms with E-state index in [0.29, 0.717) is 11.6 Å². The smallest absolute Gasteiger partial charge is 0.274 e. The van der Waals surface area contributed by atoms with E-state index in [9.17, 15) is 4.79 Å². The maximum atomic E-state index is 12.8. The van der Waals surface area contributed by atoms with Crippen LogP contribution in [-0.2, 0) is 6.42 Å². The highest BCUT2D eigenvalue weighted by Gasteiger charge is 2.24. The lowest BCUT2D eigenvalue weighted by Crippen LogP contribution is -2.28. The van der Waals surface area contributed by atoms with E-state index in [2.05, 4.69) is 27.4 Å². The van der Waals surface area contributed by atoms with E-state index in [1.165, 1.54) is 16.9 Å². The SMILES string of the molecule is O=C(c1nc(NCCc2ccccc2)nc2ccsc12)N1CCCC1.